The summed E-state index contributed by atoms with van der Waals surface area (Å²) in [7, 11) is 0. The van der Waals surface area contributed by atoms with E-state index in [1.165, 1.54) is 12.1 Å². The summed E-state index contributed by atoms with van der Waals surface area (Å²) >= 11 is 0. The van der Waals surface area contributed by atoms with E-state index in [2.05, 4.69) is 5.32 Å². The summed E-state index contributed by atoms with van der Waals surface area (Å²) in [5.41, 5.74) is 0.227. The van der Waals surface area contributed by atoms with Crippen molar-refractivity contribution >= 4 is 0 Å². The van der Waals surface area contributed by atoms with Crippen LogP contribution in [0.4, 0.5) is 13.2 Å². The van der Waals surface area contributed by atoms with Gasteiger partial charge in [-0.1, -0.05) is 12.1 Å². The van der Waals surface area contributed by atoms with Gasteiger partial charge in [-0.25, -0.2) is 0 Å². The molecule has 0 spiro atoms. The van der Waals surface area contributed by atoms with Gasteiger partial charge in [0.1, 0.15) is 5.76 Å². The Morgan fingerprint density at radius 1 is 1.14 bits per heavy atom. The molecule has 1 N–H and O–H groups in total. The minimum Gasteiger partial charge on any atom is -0.469 e. The second kappa shape index (κ2) is 6.80. The zero-order valence-electron chi connectivity index (χ0n) is 11.8. The molecule has 0 saturated carbocycles. The first-order valence-corrected chi connectivity index (χ1v) is 6.87. The first-order valence-electron chi connectivity index (χ1n) is 6.87. The van der Waals surface area contributed by atoms with E-state index in [0.29, 0.717) is 6.54 Å². The van der Waals surface area contributed by atoms with Crippen molar-refractivity contribution in [1.29, 1.82) is 0 Å². The second-order valence-corrected chi connectivity index (χ2v) is 5.09. The molecular weight excluding hydrogens is 279 g/mol. The van der Waals surface area contributed by atoms with Gasteiger partial charge in [0.15, 0.2) is 0 Å². The normalized spacial score (nSPS) is 13.3. The molecule has 1 aromatic carbocycles. The summed E-state index contributed by atoms with van der Waals surface area (Å²) in [4.78, 5) is 0. The number of nitrogens with one attached hydrogen (secondary N) is 1. The molecular formula is C16H18F3NO. The summed E-state index contributed by atoms with van der Waals surface area (Å²) in [5.74, 6) is 0.943. The second-order valence-electron chi connectivity index (χ2n) is 5.09. The molecule has 2 aromatic rings. The highest BCUT2D eigenvalue weighted by atomic mass is 19.4. The first kappa shape index (κ1) is 15.6. The van der Waals surface area contributed by atoms with E-state index in [9.17, 15) is 13.2 Å². The van der Waals surface area contributed by atoms with E-state index in [1.54, 1.807) is 6.26 Å². The van der Waals surface area contributed by atoms with Crippen LogP contribution in [0.15, 0.2) is 47.1 Å². The van der Waals surface area contributed by atoms with Crippen LogP contribution < -0.4 is 5.32 Å². The Labute approximate surface area is 122 Å². The SMILES string of the molecule is CC(CCc1ccco1)NCc1ccc(C(F)(F)F)cc1. The predicted octanol–water partition coefficient (Wildman–Crippen LogP) is 4.41. The Kier molecular flexibility index (Phi) is 5.07. The third kappa shape index (κ3) is 4.93. The van der Waals surface area contributed by atoms with Gasteiger partial charge in [0, 0.05) is 19.0 Å². The number of halogens is 3. The van der Waals surface area contributed by atoms with Crippen LogP contribution in [0.2, 0.25) is 0 Å². The number of hydrogen-bond donors (Lipinski definition) is 1. The average molecular weight is 297 g/mol. The largest absolute Gasteiger partial charge is 0.469 e. The quantitative estimate of drug-likeness (QED) is 0.854. The van der Waals surface area contributed by atoms with Crippen LogP contribution in [0.3, 0.4) is 0 Å². The van der Waals surface area contributed by atoms with Crippen LogP contribution in [-0.4, -0.2) is 6.04 Å². The highest BCUT2D eigenvalue weighted by Gasteiger charge is 2.29. The topological polar surface area (TPSA) is 25.2 Å². The molecule has 0 fully saturated rings. The number of hydrogen-bond acceptors (Lipinski definition) is 2. The Balaban J connectivity index is 1.77. The van der Waals surface area contributed by atoms with Crippen molar-refractivity contribution in [3.8, 4) is 0 Å². The van der Waals surface area contributed by atoms with Crippen LogP contribution in [0, 0.1) is 0 Å². The lowest BCUT2D eigenvalue weighted by molar-refractivity contribution is -0.137. The average Bonchev–Trinajstić information content (AvgIpc) is 2.95. The lowest BCUT2D eigenvalue weighted by Crippen LogP contribution is -2.25. The van der Waals surface area contributed by atoms with Crippen LogP contribution in [0.25, 0.3) is 0 Å². The van der Waals surface area contributed by atoms with Crippen LogP contribution >= 0.6 is 0 Å². The van der Waals surface area contributed by atoms with Gasteiger partial charge < -0.3 is 9.73 Å². The molecule has 2 nitrogen and oxygen atoms in total. The van der Waals surface area contributed by atoms with E-state index in [4.69, 9.17) is 4.42 Å². The van der Waals surface area contributed by atoms with Gasteiger partial charge in [0.25, 0.3) is 0 Å². The number of aryl methyl sites for hydroxylation is 1. The summed E-state index contributed by atoms with van der Waals surface area (Å²) < 4.78 is 42.6. The standard InChI is InChI=1S/C16H18F3NO/c1-12(4-9-15-3-2-10-21-15)20-11-13-5-7-14(8-6-13)16(17,18)19/h2-3,5-8,10,12,20H,4,9,11H2,1H3. The van der Waals surface area contributed by atoms with Gasteiger partial charge >= 0.3 is 6.18 Å². The Morgan fingerprint density at radius 3 is 2.43 bits per heavy atom. The van der Waals surface area contributed by atoms with Crippen molar-refractivity contribution in [3.63, 3.8) is 0 Å². The molecule has 0 saturated heterocycles. The summed E-state index contributed by atoms with van der Waals surface area (Å²) in [5, 5.41) is 3.30. The molecule has 2 rings (SSSR count). The lowest BCUT2D eigenvalue weighted by atomic mass is 10.1. The molecule has 0 radical (unpaired) electrons. The molecule has 114 valence electrons. The third-order valence-corrected chi connectivity index (χ3v) is 3.34. The molecule has 1 aromatic heterocycles. The molecule has 0 aliphatic rings. The number of furan rings is 1. The highest BCUT2D eigenvalue weighted by molar-refractivity contribution is 5.24. The maximum atomic E-state index is 12.4. The van der Waals surface area contributed by atoms with Crippen LogP contribution in [0.5, 0.6) is 0 Å². The molecule has 0 aliphatic heterocycles. The number of alkyl halides is 3. The summed E-state index contributed by atoms with van der Waals surface area (Å²) in [6.07, 6.45) is -0.875. The van der Waals surface area contributed by atoms with Gasteiger partial charge in [-0.3, -0.25) is 0 Å². The van der Waals surface area contributed by atoms with Crippen molar-refractivity contribution in [3.05, 3.63) is 59.5 Å². The molecule has 0 aliphatic carbocycles. The molecule has 1 unspecified atom stereocenters. The fourth-order valence-corrected chi connectivity index (χ4v) is 2.02. The van der Waals surface area contributed by atoms with Gasteiger partial charge in [0.05, 0.1) is 11.8 Å². The molecule has 5 heteroatoms. The van der Waals surface area contributed by atoms with E-state index in [0.717, 1.165) is 36.3 Å². The summed E-state index contributed by atoms with van der Waals surface area (Å²) in [6, 6.07) is 9.30. The minimum atomic E-state index is -4.28. The lowest BCUT2D eigenvalue weighted by Gasteiger charge is -2.13. The molecule has 0 bridgehead atoms. The monoisotopic (exact) mass is 297 g/mol. The smallest absolute Gasteiger partial charge is 0.416 e. The third-order valence-electron chi connectivity index (χ3n) is 3.34. The van der Waals surface area contributed by atoms with Crippen molar-refractivity contribution in [1.82, 2.24) is 5.32 Å². The summed E-state index contributed by atoms with van der Waals surface area (Å²) in [6.45, 7) is 2.60. The van der Waals surface area contributed by atoms with Crippen LogP contribution in [0.1, 0.15) is 30.2 Å². The molecule has 0 amide bonds. The fraction of sp³-hybridized carbons (Fsp3) is 0.375. The zero-order valence-corrected chi connectivity index (χ0v) is 11.8. The van der Waals surface area contributed by atoms with Gasteiger partial charge in [-0.2, -0.15) is 13.2 Å². The van der Waals surface area contributed by atoms with E-state index in [-0.39, 0.29) is 6.04 Å². The number of benzene rings is 1. The first-order chi connectivity index (χ1) is 9.95. The zero-order chi connectivity index (χ0) is 15.3. The van der Waals surface area contributed by atoms with E-state index < -0.39 is 11.7 Å². The van der Waals surface area contributed by atoms with E-state index in [1.807, 2.05) is 19.1 Å². The Bertz CT molecular complexity index is 532. The number of rotatable bonds is 6. The Morgan fingerprint density at radius 2 is 1.86 bits per heavy atom. The van der Waals surface area contributed by atoms with Crippen LogP contribution in [-0.2, 0) is 19.1 Å². The maximum absolute atomic E-state index is 12.4. The van der Waals surface area contributed by atoms with Crippen molar-refractivity contribution in [2.45, 2.75) is 38.5 Å². The highest BCUT2D eigenvalue weighted by Crippen LogP contribution is 2.29. The van der Waals surface area contributed by atoms with Crippen molar-refractivity contribution < 1.29 is 17.6 Å². The Hall–Kier alpha value is -1.75. The molecule has 1 atom stereocenters. The maximum Gasteiger partial charge on any atom is 0.416 e. The minimum absolute atomic E-state index is 0.261. The molecule has 1 heterocycles. The predicted molar refractivity (Wildman–Crippen MR) is 74.8 cm³/mol. The van der Waals surface area contributed by atoms with Gasteiger partial charge in [-0.15, -0.1) is 0 Å². The van der Waals surface area contributed by atoms with Crippen molar-refractivity contribution in [2.24, 2.45) is 0 Å². The van der Waals surface area contributed by atoms with Crippen molar-refractivity contribution in [2.75, 3.05) is 0 Å². The van der Waals surface area contributed by atoms with Gasteiger partial charge in [-0.05, 0) is 43.2 Å². The van der Waals surface area contributed by atoms with E-state index >= 15 is 0 Å². The molecule has 21 heavy (non-hydrogen) atoms. The van der Waals surface area contributed by atoms with Gasteiger partial charge in [0.2, 0.25) is 0 Å². The fourth-order valence-electron chi connectivity index (χ4n) is 2.02.